The number of benzene rings is 4. The van der Waals surface area contributed by atoms with Gasteiger partial charge in [-0.25, -0.2) is 0 Å². The van der Waals surface area contributed by atoms with E-state index in [4.69, 9.17) is 37.4 Å². The summed E-state index contributed by atoms with van der Waals surface area (Å²) >= 11 is 13.0. The van der Waals surface area contributed by atoms with E-state index in [0.29, 0.717) is 19.8 Å². The average molecular weight is 592 g/mol. The number of anilines is 1. The van der Waals surface area contributed by atoms with E-state index in [1.165, 1.54) is 0 Å². The van der Waals surface area contributed by atoms with Crippen molar-refractivity contribution >= 4 is 57.9 Å². The Hall–Kier alpha value is -2.14. The highest BCUT2D eigenvalue weighted by atomic mass is 32.5. The van der Waals surface area contributed by atoms with Crippen LogP contribution in [0.1, 0.15) is 31.2 Å². The van der Waals surface area contributed by atoms with Crippen LogP contribution in [0.25, 0.3) is 0 Å². The minimum atomic E-state index is -2.75. The Morgan fingerprint density at radius 1 is 0.769 bits per heavy atom. The molecule has 0 spiro atoms. The van der Waals surface area contributed by atoms with E-state index in [0.717, 1.165) is 32.7 Å². The molecule has 0 radical (unpaired) electrons. The molecule has 200 valence electrons. The standard InChI is InChI=1S/C31H31NO3P2S2/c1-31(2)22-34-37(39,35-23-31)29-20-12-10-18-27(29)30-32(28-19-11-9-13-24(28)21-33-30)36(38,25-14-5-3-6-15-25)26-16-7-4-8-17-26/h3-20,30H,21-23H2,1-2H3. The maximum Gasteiger partial charge on any atom is 0.219 e. The van der Waals surface area contributed by atoms with Crippen LogP contribution in [0.15, 0.2) is 109 Å². The number of hydrogen-bond acceptors (Lipinski definition) is 5. The summed E-state index contributed by atoms with van der Waals surface area (Å²) in [6.45, 7) is 3.11. The fourth-order valence-electron chi connectivity index (χ4n) is 5.08. The van der Waals surface area contributed by atoms with Crippen molar-refractivity contribution in [3.05, 3.63) is 120 Å². The monoisotopic (exact) mass is 591 g/mol. The van der Waals surface area contributed by atoms with Crippen LogP contribution >= 0.6 is 12.7 Å². The molecule has 4 aromatic rings. The van der Waals surface area contributed by atoms with E-state index >= 15 is 0 Å². The molecule has 0 bridgehead atoms. The van der Waals surface area contributed by atoms with Crippen LogP contribution in [-0.2, 0) is 44.0 Å². The first kappa shape index (κ1) is 27.1. The van der Waals surface area contributed by atoms with Crippen LogP contribution in [0.3, 0.4) is 0 Å². The summed E-state index contributed by atoms with van der Waals surface area (Å²) in [7, 11) is 0. The van der Waals surface area contributed by atoms with Crippen LogP contribution in [0.2, 0.25) is 0 Å². The summed E-state index contributed by atoms with van der Waals surface area (Å²) < 4.78 is 21.8. The van der Waals surface area contributed by atoms with Crippen LogP contribution in [0, 0.1) is 5.41 Å². The van der Waals surface area contributed by atoms with Crippen LogP contribution < -0.4 is 20.6 Å². The van der Waals surface area contributed by atoms with Gasteiger partial charge in [0.2, 0.25) is 6.49 Å². The van der Waals surface area contributed by atoms with Crippen molar-refractivity contribution in [2.75, 3.05) is 17.9 Å². The fourth-order valence-corrected chi connectivity index (χ4v) is 12.2. The Balaban J connectivity index is 1.57. The largest absolute Gasteiger partial charge is 0.349 e. The summed E-state index contributed by atoms with van der Waals surface area (Å²) in [4.78, 5) is 0. The average Bonchev–Trinajstić information content (AvgIpc) is 2.99. The Morgan fingerprint density at radius 3 is 1.95 bits per heavy atom. The van der Waals surface area contributed by atoms with E-state index in [9.17, 15) is 0 Å². The van der Waals surface area contributed by atoms with Gasteiger partial charge in [-0.05, 0) is 23.9 Å². The Bertz CT molecular complexity index is 1520. The summed E-state index contributed by atoms with van der Waals surface area (Å²) in [6.07, 6.45) is -3.09. The van der Waals surface area contributed by atoms with Crippen LogP contribution in [-0.4, -0.2) is 13.2 Å². The highest BCUT2D eigenvalue weighted by molar-refractivity contribution is 8.22. The van der Waals surface area contributed by atoms with Crippen LogP contribution in [0.5, 0.6) is 0 Å². The summed E-state index contributed by atoms with van der Waals surface area (Å²) in [5.74, 6) is 0. The Labute approximate surface area is 241 Å². The molecule has 6 rings (SSSR count). The highest BCUT2D eigenvalue weighted by Gasteiger charge is 2.43. The third-order valence-electron chi connectivity index (χ3n) is 7.12. The summed E-state index contributed by atoms with van der Waals surface area (Å²) in [5, 5.41) is 3.10. The second-order valence-electron chi connectivity index (χ2n) is 10.7. The minimum absolute atomic E-state index is 0.0779. The SMILES string of the molecule is CC1(C)COP(=S)(c2ccccc2C2OCc3ccccc3N2P(=S)(c2ccccc2)c2ccccc2)OC1. The predicted octanol–water partition coefficient (Wildman–Crippen LogP) is 6.78. The molecule has 39 heavy (non-hydrogen) atoms. The molecule has 2 aliphatic heterocycles. The molecule has 1 atom stereocenters. The first-order valence-electron chi connectivity index (χ1n) is 13.0. The zero-order chi connectivity index (χ0) is 27.1. The van der Waals surface area contributed by atoms with Crippen molar-refractivity contribution in [3.8, 4) is 0 Å². The molecule has 1 saturated heterocycles. The topological polar surface area (TPSA) is 30.9 Å². The first-order chi connectivity index (χ1) is 18.8. The maximum atomic E-state index is 6.84. The predicted molar refractivity (Wildman–Crippen MR) is 169 cm³/mol. The Kier molecular flexibility index (Phi) is 7.41. The molecule has 0 saturated carbocycles. The van der Waals surface area contributed by atoms with E-state index < -0.39 is 18.9 Å². The van der Waals surface area contributed by atoms with Gasteiger partial charge in [0, 0.05) is 38.1 Å². The quantitative estimate of drug-likeness (QED) is 0.238. The minimum Gasteiger partial charge on any atom is -0.349 e. The second kappa shape index (κ2) is 10.7. The molecule has 4 nitrogen and oxygen atoms in total. The third kappa shape index (κ3) is 4.98. The van der Waals surface area contributed by atoms with E-state index in [-0.39, 0.29) is 5.41 Å². The molecule has 0 aliphatic carbocycles. The molecule has 0 N–H and O–H groups in total. The van der Waals surface area contributed by atoms with Crippen LogP contribution in [0.4, 0.5) is 5.69 Å². The van der Waals surface area contributed by atoms with Crippen molar-refractivity contribution in [3.63, 3.8) is 0 Å². The number of nitrogens with zero attached hydrogens (tertiary/aromatic N) is 1. The van der Waals surface area contributed by atoms with Gasteiger partial charge in [0.1, 0.15) is 0 Å². The van der Waals surface area contributed by atoms with Crippen molar-refractivity contribution in [1.82, 2.24) is 0 Å². The second-order valence-corrected chi connectivity index (χ2v) is 18.3. The third-order valence-corrected chi connectivity index (χ3v) is 15.1. The van der Waals surface area contributed by atoms with Gasteiger partial charge in [-0.1, -0.05) is 123 Å². The maximum absolute atomic E-state index is 6.84. The number of fused-ring (bicyclic) bond motifs is 1. The first-order valence-corrected chi connectivity index (χ1v) is 18.4. The number of hydrogen-bond donors (Lipinski definition) is 0. The lowest BCUT2D eigenvalue weighted by Gasteiger charge is -2.47. The van der Waals surface area contributed by atoms with Crippen molar-refractivity contribution < 1.29 is 13.8 Å². The molecule has 2 aliphatic rings. The van der Waals surface area contributed by atoms with Crippen molar-refractivity contribution in [2.24, 2.45) is 5.41 Å². The lowest BCUT2D eigenvalue weighted by Crippen LogP contribution is -2.41. The summed E-state index contributed by atoms with van der Waals surface area (Å²) in [5.41, 5.74) is 3.08. The molecule has 1 fully saturated rings. The summed E-state index contributed by atoms with van der Waals surface area (Å²) in [6, 6.07) is 37.5. The highest BCUT2D eigenvalue weighted by Crippen LogP contribution is 2.60. The zero-order valence-corrected chi connectivity index (χ0v) is 25.4. The van der Waals surface area contributed by atoms with Gasteiger partial charge < -0.3 is 18.5 Å². The van der Waals surface area contributed by atoms with Gasteiger partial charge in [-0.15, -0.1) is 0 Å². The fraction of sp³-hybridized carbons (Fsp3) is 0.226. The van der Waals surface area contributed by atoms with E-state index in [2.05, 4.69) is 97.4 Å². The molecular formula is C31H31NO3P2S2. The zero-order valence-electron chi connectivity index (χ0n) is 22.0. The lowest BCUT2D eigenvalue weighted by atomic mass is 9.97. The smallest absolute Gasteiger partial charge is 0.219 e. The Morgan fingerprint density at radius 2 is 1.31 bits per heavy atom. The molecule has 2 heterocycles. The van der Waals surface area contributed by atoms with E-state index in [1.54, 1.807) is 0 Å². The number of ether oxygens (including phenoxy) is 1. The molecule has 0 aromatic heterocycles. The van der Waals surface area contributed by atoms with Crippen molar-refractivity contribution in [1.29, 1.82) is 0 Å². The van der Waals surface area contributed by atoms with Crippen molar-refractivity contribution in [2.45, 2.75) is 26.7 Å². The normalized spacial score (nSPS) is 20.3. The van der Waals surface area contributed by atoms with Gasteiger partial charge in [0.05, 0.1) is 26.0 Å². The molecular weight excluding hydrogens is 560 g/mol. The molecule has 4 aromatic carbocycles. The molecule has 1 unspecified atom stereocenters. The van der Waals surface area contributed by atoms with Gasteiger partial charge in [-0.2, -0.15) is 0 Å². The van der Waals surface area contributed by atoms with E-state index in [1.807, 2.05) is 30.3 Å². The molecule has 8 heteroatoms. The molecule has 0 amide bonds. The lowest BCUT2D eigenvalue weighted by molar-refractivity contribution is 0.0391. The number of para-hydroxylation sites is 1. The number of rotatable bonds is 5. The van der Waals surface area contributed by atoms with Gasteiger partial charge in [0.15, 0.2) is 6.23 Å². The van der Waals surface area contributed by atoms with Gasteiger partial charge in [-0.3, -0.25) is 0 Å². The van der Waals surface area contributed by atoms with Gasteiger partial charge in [0.25, 0.3) is 0 Å². The van der Waals surface area contributed by atoms with Gasteiger partial charge >= 0.3 is 0 Å².